The van der Waals surface area contributed by atoms with Gasteiger partial charge < -0.3 is 14.9 Å². The molecule has 0 bridgehead atoms. The predicted molar refractivity (Wildman–Crippen MR) is 155 cm³/mol. The summed E-state index contributed by atoms with van der Waals surface area (Å²) < 4.78 is 14.9. The second-order valence-electron chi connectivity index (χ2n) is 10.9. The van der Waals surface area contributed by atoms with Gasteiger partial charge in [-0.15, -0.1) is 0 Å². The molecular weight excluding hydrogens is 594 g/mol. The first-order valence-corrected chi connectivity index (χ1v) is 14.6. The summed E-state index contributed by atoms with van der Waals surface area (Å²) in [7, 11) is 0. The number of nitro groups is 1. The van der Waals surface area contributed by atoms with Crippen LogP contribution in [-0.2, 0) is 15.1 Å². The summed E-state index contributed by atoms with van der Waals surface area (Å²) in [5.41, 5.74) is 0.152. The van der Waals surface area contributed by atoms with Crippen LogP contribution in [-0.4, -0.2) is 49.0 Å². The minimum Gasteiger partial charge on any atom is -0.480 e. The Morgan fingerprint density at radius 3 is 2.49 bits per heavy atom. The molecule has 0 saturated carbocycles. The number of thioether (sulfide) groups is 1. The Hall–Kier alpha value is -3.15. The fraction of sp³-hybridized carbons (Fsp3) is 0.393. The van der Waals surface area contributed by atoms with E-state index in [0.717, 1.165) is 11.8 Å². The molecule has 216 valence electrons. The van der Waals surface area contributed by atoms with E-state index < -0.39 is 40.2 Å². The molecule has 0 aliphatic carbocycles. The Kier molecular flexibility index (Phi) is 7.59. The highest BCUT2D eigenvalue weighted by atomic mass is 35.5. The molecule has 3 heterocycles. The van der Waals surface area contributed by atoms with Crippen LogP contribution in [0.5, 0.6) is 0 Å². The standard InChI is InChI=1S/C28H27Cl2FN4O5S/c1-13(2)22-23(25(36)33-14(3)5-10-20(33)26(37)38)41-27-32-28(4,16-7-9-18(30)21(12-16)35(39)40)24(34(22)27)15-6-8-17(29)19(31)11-15/h6-9,11-14,20,24H,5,10H2,1-4H3,(H,37,38)/t14-,20+,24-,28+/m1/s1. The van der Waals surface area contributed by atoms with Gasteiger partial charge in [0.1, 0.15) is 27.3 Å². The smallest absolute Gasteiger partial charge is 0.326 e. The van der Waals surface area contributed by atoms with E-state index in [0.29, 0.717) is 39.7 Å². The van der Waals surface area contributed by atoms with Crippen molar-refractivity contribution in [2.24, 2.45) is 10.9 Å². The first-order valence-electron chi connectivity index (χ1n) is 13.0. The minimum absolute atomic E-state index is 0.0275. The van der Waals surface area contributed by atoms with Crippen molar-refractivity contribution in [2.75, 3.05) is 0 Å². The summed E-state index contributed by atoms with van der Waals surface area (Å²) in [4.78, 5) is 45.8. The molecule has 13 heteroatoms. The first kappa shape index (κ1) is 29.3. The number of aliphatic carboxylic acids is 1. The van der Waals surface area contributed by atoms with Crippen LogP contribution < -0.4 is 0 Å². The van der Waals surface area contributed by atoms with Crippen LogP contribution in [0.25, 0.3) is 0 Å². The molecule has 3 aliphatic heterocycles. The highest BCUT2D eigenvalue weighted by Gasteiger charge is 2.54. The zero-order valence-electron chi connectivity index (χ0n) is 22.6. The quantitative estimate of drug-likeness (QED) is 0.280. The van der Waals surface area contributed by atoms with Crippen molar-refractivity contribution in [3.8, 4) is 0 Å². The zero-order valence-corrected chi connectivity index (χ0v) is 24.9. The Bertz CT molecular complexity index is 1550. The number of carboxylic acid groups (broad SMARTS) is 1. The maximum Gasteiger partial charge on any atom is 0.326 e. The maximum absolute atomic E-state index is 14.9. The second-order valence-corrected chi connectivity index (χ2v) is 12.7. The Labute approximate surface area is 250 Å². The van der Waals surface area contributed by atoms with Crippen LogP contribution in [0.3, 0.4) is 0 Å². The van der Waals surface area contributed by atoms with Gasteiger partial charge in [-0.1, -0.05) is 49.2 Å². The van der Waals surface area contributed by atoms with E-state index in [2.05, 4.69) is 0 Å². The maximum atomic E-state index is 14.9. The van der Waals surface area contributed by atoms with Gasteiger partial charge in [0.2, 0.25) is 0 Å². The lowest BCUT2D eigenvalue weighted by Crippen LogP contribution is -2.44. The monoisotopic (exact) mass is 620 g/mol. The first-order chi connectivity index (χ1) is 19.3. The molecule has 4 atom stereocenters. The van der Waals surface area contributed by atoms with Crippen LogP contribution in [0, 0.1) is 21.8 Å². The van der Waals surface area contributed by atoms with E-state index >= 15 is 0 Å². The van der Waals surface area contributed by atoms with Gasteiger partial charge in [-0.25, -0.2) is 14.2 Å². The number of benzene rings is 2. The fourth-order valence-electron chi connectivity index (χ4n) is 5.97. The third kappa shape index (κ3) is 4.77. The topological polar surface area (TPSA) is 116 Å². The molecule has 1 N–H and O–H groups in total. The third-order valence-electron chi connectivity index (χ3n) is 7.93. The number of fused-ring (bicyclic) bond motifs is 1. The molecule has 1 fully saturated rings. The van der Waals surface area contributed by atoms with Crippen molar-refractivity contribution in [3.63, 3.8) is 0 Å². The molecule has 0 spiro atoms. The third-order valence-corrected chi connectivity index (χ3v) is 9.61. The molecule has 3 aliphatic rings. The van der Waals surface area contributed by atoms with Gasteiger partial charge in [-0.3, -0.25) is 14.9 Å². The number of aliphatic imine (C=N–C) groups is 1. The largest absolute Gasteiger partial charge is 0.480 e. The number of rotatable bonds is 6. The van der Waals surface area contributed by atoms with Crippen LogP contribution in [0.4, 0.5) is 10.1 Å². The number of amides is 1. The van der Waals surface area contributed by atoms with E-state index in [1.165, 1.54) is 29.2 Å². The summed E-state index contributed by atoms with van der Waals surface area (Å²) in [5.74, 6) is -2.30. The van der Waals surface area contributed by atoms with Gasteiger partial charge in [0.05, 0.1) is 16.0 Å². The number of allylic oxidation sites excluding steroid dienone is 1. The molecule has 0 aromatic heterocycles. The van der Waals surface area contributed by atoms with Crippen molar-refractivity contribution in [2.45, 2.75) is 64.2 Å². The van der Waals surface area contributed by atoms with Gasteiger partial charge >= 0.3 is 5.97 Å². The van der Waals surface area contributed by atoms with Gasteiger partial charge in [0.15, 0.2) is 5.17 Å². The summed E-state index contributed by atoms with van der Waals surface area (Å²) in [6.07, 6.45) is 0.935. The molecule has 1 saturated heterocycles. The Morgan fingerprint density at radius 1 is 1.20 bits per heavy atom. The number of likely N-dealkylation sites (tertiary alicyclic amines) is 1. The Morgan fingerprint density at radius 2 is 1.88 bits per heavy atom. The number of hydrogen-bond donors (Lipinski definition) is 1. The summed E-state index contributed by atoms with van der Waals surface area (Å²) in [5, 5.41) is 21.9. The molecule has 2 aromatic rings. The molecule has 0 unspecified atom stereocenters. The van der Waals surface area contributed by atoms with Gasteiger partial charge in [0, 0.05) is 17.8 Å². The molecule has 1 amide bonds. The fourth-order valence-corrected chi connectivity index (χ4v) is 7.62. The van der Waals surface area contributed by atoms with Crippen LogP contribution in [0.2, 0.25) is 10.0 Å². The SMILES string of the molecule is CC(C)C1=C(C(=O)N2[C@H](C)CC[C@H]2C(=O)O)SC2=N[C@@](C)(c3ccc(Cl)c([N+](=O)[O-])c3)[C@@H](c3ccc(Cl)c(F)c3)N21. The van der Waals surface area contributed by atoms with E-state index in [4.69, 9.17) is 28.2 Å². The predicted octanol–water partition coefficient (Wildman–Crippen LogP) is 6.75. The molecular formula is C28H27Cl2FN4O5S. The molecule has 5 rings (SSSR count). The minimum atomic E-state index is -1.16. The van der Waals surface area contributed by atoms with E-state index in [1.807, 2.05) is 25.7 Å². The number of halogens is 3. The van der Waals surface area contributed by atoms with Crippen LogP contribution in [0.15, 0.2) is 52.0 Å². The van der Waals surface area contributed by atoms with Gasteiger partial charge in [-0.05, 0) is 73.7 Å². The molecule has 0 radical (unpaired) electrons. The summed E-state index contributed by atoms with van der Waals surface area (Å²) >= 11 is 13.3. The van der Waals surface area contributed by atoms with Crippen LogP contribution in [0.1, 0.15) is 57.7 Å². The number of carbonyl (C=O) groups excluding carboxylic acids is 1. The molecule has 2 aromatic carbocycles. The lowest BCUT2D eigenvalue weighted by Gasteiger charge is -2.37. The summed E-state index contributed by atoms with van der Waals surface area (Å²) in [6.45, 7) is 7.46. The molecule has 41 heavy (non-hydrogen) atoms. The number of nitrogens with zero attached hydrogens (tertiary/aromatic N) is 4. The number of nitro benzene ring substituents is 1. The van der Waals surface area contributed by atoms with E-state index in [1.54, 1.807) is 19.1 Å². The lowest BCUT2D eigenvalue weighted by atomic mass is 9.81. The van der Waals surface area contributed by atoms with Crippen molar-refractivity contribution >= 4 is 57.7 Å². The number of carboxylic acids is 1. The highest BCUT2D eigenvalue weighted by molar-refractivity contribution is 8.18. The van der Waals surface area contributed by atoms with Gasteiger partial charge in [-0.2, -0.15) is 0 Å². The van der Waals surface area contributed by atoms with Crippen molar-refractivity contribution in [3.05, 3.63) is 84.1 Å². The van der Waals surface area contributed by atoms with Crippen molar-refractivity contribution < 1.29 is 24.0 Å². The van der Waals surface area contributed by atoms with Crippen molar-refractivity contribution in [1.29, 1.82) is 0 Å². The average Bonchev–Trinajstić information content (AvgIpc) is 3.54. The molecule has 9 nitrogen and oxygen atoms in total. The summed E-state index contributed by atoms with van der Waals surface area (Å²) in [6, 6.07) is 6.96. The van der Waals surface area contributed by atoms with Crippen molar-refractivity contribution in [1.82, 2.24) is 9.80 Å². The normalized spacial score (nSPS) is 25.7. The van der Waals surface area contributed by atoms with E-state index in [9.17, 15) is 29.2 Å². The lowest BCUT2D eigenvalue weighted by molar-refractivity contribution is -0.384. The zero-order chi connectivity index (χ0) is 30.0. The second kappa shape index (κ2) is 10.6. The van der Waals surface area contributed by atoms with E-state index in [-0.39, 0.29) is 27.7 Å². The number of hydrogen-bond acceptors (Lipinski definition) is 7. The van der Waals surface area contributed by atoms with Crippen LogP contribution >= 0.6 is 35.0 Å². The number of carbonyl (C=O) groups is 2. The van der Waals surface area contributed by atoms with Gasteiger partial charge in [0.25, 0.3) is 11.6 Å². The number of amidine groups is 1. The average molecular weight is 622 g/mol. The highest BCUT2D eigenvalue weighted by Crippen LogP contribution is 2.57. The Balaban J connectivity index is 1.69.